The van der Waals surface area contributed by atoms with E-state index < -0.39 is 0 Å². The zero-order valence-electron chi connectivity index (χ0n) is 7.53. The van der Waals surface area contributed by atoms with Crippen LogP contribution >= 0.6 is 0 Å². The molecule has 1 aromatic rings. The van der Waals surface area contributed by atoms with Crippen LogP contribution in [0.25, 0.3) is 0 Å². The minimum atomic E-state index is -0.155. The standard InChI is InChI=1S/C9H14N2O/c1-3-8(2)7-11-6-4-5-10-9(11)12/h4-6,8H,3,7H2,1-2H3. The first kappa shape index (κ1) is 8.97. The van der Waals surface area contributed by atoms with Crippen LogP contribution < -0.4 is 5.69 Å². The van der Waals surface area contributed by atoms with Gasteiger partial charge in [-0.05, 0) is 12.0 Å². The summed E-state index contributed by atoms with van der Waals surface area (Å²) in [6.45, 7) is 5.01. The number of hydrogen-bond donors (Lipinski definition) is 0. The van der Waals surface area contributed by atoms with Crippen LogP contribution in [0.5, 0.6) is 0 Å². The molecule has 12 heavy (non-hydrogen) atoms. The third kappa shape index (κ3) is 2.19. The smallest absolute Gasteiger partial charge is 0.299 e. The molecule has 0 saturated heterocycles. The molecule has 0 aromatic carbocycles. The van der Waals surface area contributed by atoms with E-state index in [1.54, 1.807) is 16.8 Å². The van der Waals surface area contributed by atoms with E-state index in [0.717, 1.165) is 13.0 Å². The molecule has 0 amide bonds. The maximum absolute atomic E-state index is 11.1. The van der Waals surface area contributed by atoms with E-state index in [0.29, 0.717) is 5.92 Å². The molecule has 0 aliphatic carbocycles. The molecule has 3 nitrogen and oxygen atoms in total. The maximum Gasteiger partial charge on any atom is 0.347 e. The van der Waals surface area contributed by atoms with E-state index in [1.807, 2.05) is 0 Å². The number of hydrogen-bond acceptors (Lipinski definition) is 2. The second kappa shape index (κ2) is 4.04. The largest absolute Gasteiger partial charge is 0.347 e. The molecule has 0 spiro atoms. The van der Waals surface area contributed by atoms with Crippen molar-refractivity contribution in [3.05, 3.63) is 28.9 Å². The molecule has 3 heteroatoms. The molecule has 66 valence electrons. The van der Waals surface area contributed by atoms with E-state index in [1.165, 1.54) is 6.20 Å². The van der Waals surface area contributed by atoms with Crippen molar-refractivity contribution in [1.29, 1.82) is 0 Å². The Bertz CT molecular complexity index is 293. The van der Waals surface area contributed by atoms with E-state index in [4.69, 9.17) is 0 Å². The summed E-state index contributed by atoms with van der Waals surface area (Å²) in [6.07, 6.45) is 4.39. The van der Waals surface area contributed by atoms with Gasteiger partial charge in [0.2, 0.25) is 0 Å². The van der Waals surface area contributed by atoms with Gasteiger partial charge < -0.3 is 0 Å². The average molecular weight is 166 g/mol. The Morgan fingerprint density at radius 2 is 2.42 bits per heavy atom. The summed E-state index contributed by atoms with van der Waals surface area (Å²) in [5.41, 5.74) is -0.155. The molecule has 1 atom stereocenters. The van der Waals surface area contributed by atoms with Crippen molar-refractivity contribution < 1.29 is 0 Å². The highest BCUT2D eigenvalue weighted by molar-refractivity contribution is 4.81. The van der Waals surface area contributed by atoms with Crippen LogP contribution in [-0.4, -0.2) is 9.55 Å². The average Bonchev–Trinajstić information content (AvgIpc) is 2.09. The lowest BCUT2D eigenvalue weighted by molar-refractivity contribution is 0.454. The molecule has 1 rings (SSSR count). The Labute approximate surface area is 72.1 Å². The number of rotatable bonds is 3. The van der Waals surface area contributed by atoms with Gasteiger partial charge in [0.05, 0.1) is 0 Å². The first-order valence-electron chi connectivity index (χ1n) is 4.25. The summed E-state index contributed by atoms with van der Waals surface area (Å²) in [6, 6.07) is 1.78. The normalized spacial score (nSPS) is 12.8. The van der Waals surface area contributed by atoms with Gasteiger partial charge >= 0.3 is 5.69 Å². The second-order valence-corrected chi connectivity index (χ2v) is 3.07. The Hall–Kier alpha value is -1.12. The Morgan fingerprint density at radius 3 is 3.00 bits per heavy atom. The first-order chi connectivity index (χ1) is 5.74. The highest BCUT2D eigenvalue weighted by Crippen LogP contribution is 2.01. The van der Waals surface area contributed by atoms with E-state index >= 15 is 0 Å². The molecular weight excluding hydrogens is 152 g/mol. The first-order valence-corrected chi connectivity index (χ1v) is 4.25. The molecule has 1 aromatic heterocycles. The van der Waals surface area contributed by atoms with E-state index in [9.17, 15) is 4.79 Å². The Kier molecular flexibility index (Phi) is 3.02. The quantitative estimate of drug-likeness (QED) is 0.678. The molecule has 0 saturated carbocycles. The van der Waals surface area contributed by atoms with E-state index in [-0.39, 0.29) is 5.69 Å². The summed E-state index contributed by atoms with van der Waals surface area (Å²) in [7, 11) is 0. The molecule has 0 radical (unpaired) electrons. The fourth-order valence-corrected chi connectivity index (χ4v) is 0.991. The van der Waals surface area contributed by atoms with Crippen molar-refractivity contribution in [3.63, 3.8) is 0 Å². The van der Waals surface area contributed by atoms with Gasteiger partial charge in [-0.2, -0.15) is 0 Å². The molecule has 0 N–H and O–H groups in total. The minimum Gasteiger partial charge on any atom is -0.299 e. The van der Waals surface area contributed by atoms with Crippen LogP contribution in [0, 0.1) is 5.92 Å². The second-order valence-electron chi connectivity index (χ2n) is 3.07. The van der Waals surface area contributed by atoms with Gasteiger partial charge in [-0.25, -0.2) is 9.78 Å². The van der Waals surface area contributed by atoms with Crippen molar-refractivity contribution in [2.45, 2.75) is 26.8 Å². The SMILES string of the molecule is CCC(C)Cn1cccnc1=O. The monoisotopic (exact) mass is 166 g/mol. The zero-order valence-corrected chi connectivity index (χ0v) is 7.53. The molecule has 0 aliphatic heterocycles. The van der Waals surface area contributed by atoms with Crippen LogP contribution in [0.15, 0.2) is 23.3 Å². The van der Waals surface area contributed by atoms with Gasteiger partial charge in [0.25, 0.3) is 0 Å². The van der Waals surface area contributed by atoms with Crippen molar-refractivity contribution in [2.24, 2.45) is 5.92 Å². The van der Waals surface area contributed by atoms with Gasteiger partial charge in [-0.3, -0.25) is 4.57 Å². The van der Waals surface area contributed by atoms with Crippen molar-refractivity contribution in [3.8, 4) is 0 Å². The maximum atomic E-state index is 11.1. The third-order valence-corrected chi connectivity index (χ3v) is 1.99. The number of nitrogens with zero attached hydrogens (tertiary/aromatic N) is 2. The fraction of sp³-hybridized carbons (Fsp3) is 0.556. The van der Waals surface area contributed by atoms with E-state index in [2.05, 4.69) is 18.8 Å². The van der Waals surface area contributed by atoms with Gasteiger partial charge in [-0.1, -0.05) is 20.3 Å². The van der Waals surface area contributed by atoms with Crippen LogP contribution in [0.1, 0.15) is 20.3 Å². The van der Waals surface area contributed by atoms with Crippen LogP contribution in [0.2, 0.25) is 0 Å². The number of aromatic nitrogens is 2. The van der Waals surface area contributed by atoms with Crippen molar-refractivity contribution >= 4 is 0 Å². The van der Waals surface area contributed by atoms with Gasteiger partial charge in [-0.15, -0.1) is 0 Å². The van der Waals surface area contributed by atoms with Gasteiger partial charge in [0.1, 0.15) is 0 Å². The highest BCUT2D eigenvalue weighted by Gasteiger charge is 2.00. The van der Waals surface area contributed by atoms with Crippen molar-refractivity contribution in [1.82, 2.24) is 9.55 Å². The predicted octanol–water partition coefficient (Wildman–Crippen LogP) is 1.29. The van der Waals surface area contributed by atoms with Gasteiger partial charge in [0, 0.05) is 18.9 Å². The van der Waals surface area contributed by atoms with Crippen LogP contribution in [0.3, 0.4) is 0 Å². The van der Waals surface area contributed by atoms with Gasteiger partial charge in [0.15, 0.2) is 0 Å². The molecule has 1 unspecified atom stereocenters. The summed E-state index contributed by atoms with van der Waals surface area (Å²) in [4.78, 5) is 14.8. The zero-order chi connectivity index (χ0) is 8.97. The van der Waals surface area contributed by atoms with Crippen molar-refractivity contribution in [2.75, 3.05) is 0 Å². The van der Waals surface area contributed by atoms with Crippen LogP contribution in [-0.2, 0) is 6.54 Å². The Balaban J connectivity index is 2.76. The Morgan fingerprint density at radius 1 is 1.67 bits per heavy atom. The summed E-state index contributed by atoms with van der Waals surface area (Å²) in [5.74, 6) is 0.534. The molecule has 0 aliphatic rings. The fourth-order valence-electron chi connectivity index (χ4n) is 0.991. The summed E-state index contributed by atoms with van der Waals surface area (Å²) < 4.78 is 1.65. The topological polar surface area (TPSA) is 34.9 Å². The third-order valence-electron chi connectivity index (χ3n) is 1.99. The summed E-state index contributed by atoms with van der Waals surface area (Å²) in [5, 5.41) is 0. The molecular formula is C9H14N2O. The summed E-state index contributed by atoms with van der Waals surface area (Å²) >= 11 is 0. The van der Waals surface area contributed by atoms with Crippen LogP contribution in [0.4, 0.5) is 0 Å². The minimum absolute atomic E-state index is 0.155. The predicted molar refractivity (Wildman–Crippen MR) is 48.0 cm³/mol. The highest BCUT2D eigenvalue weighted by atomic mass is 16.1. The molecule has 1 heterocycles. The lowest BCUT2D eigenvalue weighted by Crippen LogP contribution is -2.24. The lowest BCUT2D eigenvalue weighted by atomic mass is 10.1. The lowest BCUT2D eigenvalue weighted by Gasteiger charge is -2.09. The molecule has 0 bridgehead atoms. The molecule has 0 fully saturated rings.